The van der Waals surface area contributed by atoms with Gasteiger partial charge in [-0.2, -0.15) is 0 Å². The Bertz CT molecular complexity index is 420. The molecular weight excluding hydrogens is 250 g/mol. The summed E-state index contributed by atoms with van der Waals surface area (Å²) in [7, 11) is 0. The lowest BCUT2D eigenvalue weighted by molar-refractivity contribution is -0.126. The highest BCUT2D eigenvalue weighted by molar-refractivity contribution is 5.81. The highest BCUT2D eigenvalue weighted by Crippen LogP contribution is 2.12. The first-order chi connectivity index (χ1) is 9.58. The van der Waals surface area contributed by atoms with Crippen molar-refractivity contribution in [3.05, 3.63) is 29.8 Å². The molecule has 0 aliphatic carbocycles. The molecule has 4 heteroatoms. The Kier molecular flexibility index (Phi) is 7.09. The van der Waals surface area contributed by atoms with Crippen LogP contribution in [0.4, 0.5) is 5.69 Å². The number of carbonyl (C=O) groups is 1. The largest absolute Gasteiger partial charge is 0.399 e. The fourth-order valence-corrected chi connectivity index (χ4v) is 2.18. The van der Waals surface area contributed by atoms with Crippen LogP contribution in [0.25, 0.3) is 0 Å². The zero-order chi connectivity index (χ0) is 15.0. The number of carbonyl (C=O) groups excluding carboxylic acids is 1. The highest BCUT2D eigenvalue weighted by atomic mass is 16.2. The van der Waals surface area contributed by atoms with E-state index in [-0.39, 0.29) is 11.9 Å². The Hall–Kier alpha value is -1.55. The molecule has 20 heavy (non-hydrogen) atoms. The van der Waals surface area contributed by atoms with Gasteiger partial charge < -0.3 is 11.1 Å². The van der Waals surface area contributed by atoms with E-state index in [0.717, 1.165) is 43.7 Å². The molecule has 0 spiro atoms. The van der Waals surface area contributed by atoms with Crippen LogP contribution in [0.3, 0.4) is 0 Å². The molecule has 3 N–H and O–H groups in total. The monoisotopic (exact) mass is 277 g/mol. The van der Waals surface area contributed by atoms with Gasteiger partial charge in [0.15, 0.2) is 0 Å². The molecule has 0 saturated heterocycles. The van der Waals surface area contributed by atoms with Crippen LogP contribution < -0.4 is 11.1 Å². The summed E-state index contributed by atoms with van der Waals surface area (Å²) in [6.07, 6.45) is 1.98. The topological polar surface area (TPSA) is 58.4 Å². The van der Waals surface area contributed by atoms with E-state index >= 15 is 0 Å². The van der Waals surface area contributed by atoms with Crippen LogP contribution in [0.2, 0.25) is 0 Å². The van der Waals surface area contributed by atoms with Crippen molar-refractivity contribution in [3.63, 3.8) is 0 Å². The molecule has 4 nitrogen and oxygen atoms in total. The summed E-state index contributed by atoms with van der Waals surface area (Å²) in [5.74, 6) is 0.101. The van der Waals surface area contributed by atoms with Crippen LogP contribution in [0, 0.1) is 0 Å². The van der Waals surface area contributed by atoms with Crippen LogP contribution in [0.1, 0.15) is 39.2 Å². The van der Waals surface area contributed by atoms with E-state index in [1.165, 1.54) is 0 Å². The molecule has 0 heterocycles. The standard InChI is InChI=1S/C16H27N3O/c1-4-9-18-16(20)13(3)19(10-5-2)12-14-7-6-8-15(17)11-14/h6-8,11,13H,4-5,9-10,12,17H2,1-3H3,(H,18,20). The lowest BCUT2D eigenvalue weighted by Crippen LogP contribution is -2.45. The van der Waals surface area contributed by atoms with Gasteiger partial charge in [-0.25, -0.2) is 0 Å². The zero-order valence-corrected chi connectivity index (χ0v) is 12.9. The average Bonchev–Trinajstić information content (AvgIpc) is 2.43. The number of hydrogen-bond acceptors (Lipinski definition) is 3. The summed E-state index contributed by atoms with van der Waals surface area (Å²) in [4.78, 5) is 14.3. The maximum absolute atomic E-state index is 12.1. The normalized spacial score (nSPS) is 12.4. The maximum Gasteiger partial charge on any atom is 0.237 e. The lowest BCUT2D eigenvalue weighted by Gasteiger charge is -2.28. The van der Waals surface area contributed by atoms with Crippen molar-refractivity contribution in [1.82, 2.24) is 10.2 Å². The molecule has 0 radical (unpaired) electrons. The number of nitrogens with two attached hydrogens (primary N) is 1. The zero-order valence-electron chi connectivity index (χ0n) is 12.9. The van der Waals surface area contributed by atoms with Crippen molar-refractivity contribution in [1.29, 1.82) is 0 Å². The molecule has 1 atom stereocenters. The Morgan fingerprint density at radius 3 is 2.70 bits per heavy atom. The summed E-state index contributed by atoms with van der Waals surface area (Å²) in [5, 5.41) is 2.96. The minimum Gasteiger partial charge on any atom is -0.399 e. The fraction of sp³-hybridized carbons (Fsp3) is 0.562. The molecule has 0 aliphatic rings. The van der Waals surface area contributed by atoms with Gasteiger partial charge in [0, 0.05) is 18.8 Å². The van der Waals surface area contributed by atoms with Crippen molar-refractivity contribution >= 4 is 11.6 Å². The number of hydrogen-bond donors (Lipinski definition) is 2. The molecule has 1 unspecified atom stereocenters. The van der Waals surface area contributed by atoms with Gasteiger partial charge in [0.1, 0.15) is 0 Å². The van der Waals surface area contributed by atoms with Crippen molar-refractivity contribution in [3.8, 4) is 0 Å². The second kappa shape index (κ2) is 8.59. The Morgan fingerprint density at radius 1 is 1.35 bits per heavy atom. The van der Waals surface area contributed by atoms with E-state index in [4.69, 9.17) is 5.73 Å². The predicted octanol–water partition coefficient (Wildman–Crippen LogP) is 2.40. The second-order valence-corrected chi connectivity index (χ2v) is 5.18. The van der Waals surface area contributed by atoms with E-state index in [2.05, 4.69) is 30.1 Å². The third-order valence-corrected chi connectivity index (χ3v) is 3.32. The third kappa shape index (κ3) is 5.21. The molecule has 1 amide bonds. The SMILES string of the molecule is CCCNC(=O)C(C)N(CCC)Cc1cccc(N)c1. The third-order valence-electron chi connectivity index (χ3n) is 3.32. The van der Waals surface area contributed by atoms with Gasteiger partial charge in [-0.05, 0) is 44.0 Å². The van der Waals surface area contributed by atoms with Gasteiger partial charge in [0.25, 0.3) is 0 Å². The first-order valence-electron chi connectivity index (χ1n) is 7.44. The molecule has 0 aromatic heterocycles. The number of nitrogens with one attached hydrogen (secondary N) is 1. The van der Waals surface area contributed by atoms with Gasteiger partial charge in [0.05, 0.1) is 6.04 Å². The number of rotatable bonds is 8. The lowest BCUT2D eigenvalue weighted by atomic mass is 10.1. The number of nitrogens with zero attached hydrogens (tertiary/aromatic N) is 1. The highest BCUT2D eigenvalue weighted by Gasteiger charge is 2.20. The van der Waals surface area contributed by atoms with Crippen molar-refractivity contribution in [2.75, 3.05) is 18.8 Å². The molecule has 0 saturated carbocycles. The predicted molar refractivity (Wildman–Crippen MR) is 84.3 cm³/mol. The fourth-order valence-electron chi connectivity index (χ4n) is 2.18. The number of benzene rings is 1. The van der Waals surface area contributed by atoms with Crippen LogP contribution in [0.5, 0.6) is 0 Å². The van der Waals surface area contributed by atoms with E-state index in [1.807, 2.05) is 25.1 Å². The number of nitrogen functional groups attached to an aromatic ring is 1. The number of amides is 1. The Balaban J connectivity index is 2.70. The maximum atomic E-state index is 12.1. The number of anilines is 1. The van der Waals surface area contributed by atoms with Crippen molar-refractivity contribution in [2.45, 2.75) is 46.2 Å². The van der Waals surface area contributed by atoms with Crippen LogP contribution in [-0.2, 0) is 11.3 Å². The summed E-state index contributed by atoms with van der Waals surface area (Å²) in [6.45, 7) is 8.54. The van der Waals surface area contributed by atoms with Gasteiger partial charge in [-0.15, -0.1) is 0 Å². The average molecular weight is 277 g/mol. The van der Waals surface area contributed by atoms with Crippen LogP contribution in [-0.4, -0.2) is 29.9 Å². The Morgan fingerprint density at radius 2 is 2.10 bits per heavy atom. The van der Waals surface area contributed by atoms with Gasteiger partial charge in [-0.3, -0.25) is 9.69 Å². The van der Waals surface area contributed by atoms with E-state index in [0.29, 0.717) is 0 Å². The van der Waals surface area contributed by atoms with Crippen molar-refractivity contribution < 1.29 is 4.79 Å². The van der Waals surface area contributed by atoms with E-state index < -0.39 is 0 Å². The van der Waals surface area contributed by atoms with Gasteiger partial charge in [0.2, 0.25) is 5.91 Å². The summed E-state index contributed by atoms with van der Waals surface area (Å²) in [6, 6.07) is 7.74. The molecule has 112 valence electrons. The van der Waals surface area contributed by atoms with Crippen molar-refractivity contribution in [2.24, 2.45) is 0 Å². The van der Waals surface area contributed by atoms with Gasteiger partial charge in [-0.1, -0.05) is 26.0 Å². The minimum absolute atomic E-state index is 0.101. The summed E-state index contributed by atoms with van der Waals surface area (Å²) >= 11 is 0. The smallest absolute Gasteiger partial charge is 0.237 e. The Labute approximate surface area is 122 Å². The molecule has 1 aromatic carbocycles. The molecule has 0 bridgehead atoms. The van der Waals surface area contributed by atoms with E-state index in [9.17, 15) is 4.79 Å². The second-order valence-electron chi connectivity index (χ2n) is 5.18. The van der Waals surface area contributed by atoms with Gasteiger partial charge >= 0.3 is 0 Å². The molecule has 0 fully saturated rings. The molecule has 1 aromatic rings. The summed E-state index contributed by atoms with van der Waals surface area (Å²) < 4.78 is 0. The minimum atomic E-state index is -0.122. The first kappa shape index (κ1) is 16.5. The molecule has 1 rings (SSSR count). The molecular formula is C16H27N3O. The van der Waals surface area contributed by atoms with E-state index in [1.54, 1.807) is 0 Å². The quantitative estimate of drug-likeness (QED) is 0.717. The van der Waals surface area contributed by atoms with Crippen LogP contribution in [0.15, 0.2) is 24.3 Å². The molecule has 0 aliphatic heterocycles. The first-order valence-corrected chi connectivity index (χ1v) is 7.44. The summed E-state index contributed by atoms with van der Waals surface area (Å²) in [5.41, 5.74) is 7.72. The van der Waals surface area contributed by atoms with Crippen LogP contribution >= 0.6 is 0 Å².